The molecule has 0 atom stereocenters. The summed E-state index contributed by atoms with van der Waals surface area (Å²) in [5.41, 5.74) is 5.45. The molecular weight excluding hydrogens is 212 g/mol. The predicted molar refractivity (Wildman–Crippen MR) is 66.6 cm³/mol. The lowest BCUT2D eigenvalue weighted by Gasteiger charge is -2.17. The van der Waals surface area contributed by atoms with Crippen LogP contribution in [0.5, 0.6) is 0 Å². The molecule has 2 nitrogen and oxygen atoms in total. The number of nitrogens with two attached hydrogens (primary N) is 1. The maximum Gasteiger partial charge on any atom is 0.140 e. The number of thioether (sulfide) groups is 1. The van der Waals surface area contributed by atoms with Crippen molar-refractivity contribution in [3.63, 3.8) is 0 Å². The fourth-order valence-electron chi connectivity index (χ4n) is 0.952. The van der Waals surface area contributed by atoms with Crippen molar-refractivity contribution in [3.8, 4) is 0 Å². The highest BCUT2D eigenvalue weighted by Crippen LogP contribution is 2.20. The Bertz CT molecular complexity index is 287. The van der Waals surface area contributed by atoms with Crippen molar-refractivity contribution in [2.75, 3.05) is 20.1 Å². The fraction of sp³-hybridized carbons (Fsp3) is 0.300. The Labute approximate surface area is 94.5 Å². The number of rotatable bonds is 3. The molecule has 0 aliphatic rings. The number of thiocarbonyl (C=S) groups is 1. The van der Waals surface area contributed by atoms with E-state index in [1.165, 1.54) is 4.90 Å². The van der Waals surface area contributed by atoms with Crippen LogP contribution in [0.2, 0.25) is 0 Å². The number of hydrogen-bond acceptors (Lipinski definition) is 3. The van der Waals surface area contributed by atoms with E-state index in [9.17, 15) is 0 Å². The smallest absolute Gasteiger partial charge is 0.140 e. The van der Waals surface area contributed by atoms with Crippen LogP contribution in [0.15, 0.2) is 35.2 Å². The molecule has 0 fully saturated rings. The average molecular weight is 226 g/mol. The summed E-state index contributed by atoms with van der Waals surface area (Å²) in [5.74, 6) is 0. The van der Waals surface area contributed by atoms with Gasteiger partial charge in [-0.2, -0.15) is 0 Å². The highest BCUT2D eigenvalue weighted by molar-refractivity contribution is 8.22. The van der Waals surface area contributed by atoms with Gasteiger partial charge in [-0.25, -0.2) is 0 Å². The van der Waals surface area contributed by atoms with Crippen molar-refractivity contribution in [2.24, 2.45) is 5.73 Å². The summed E-state index contributed by atoms with van der Waals surface area (Å²) in [6.45, 7) is 1.44. The van der Waals surface area contributed by atoms with Crippen molar-refractivity contribution in [2.45, 2.75) is 4.90 Å². The Morgan fingerprint density at radius 2 is 2.07 bits per heavy atom. The van der Waals surface area contributed by atoms with Gasteiger partial charge < -0.3 is 10.6 Å². The monoisotopic (exact) mass is 226 g/mol. The molecule has 76 valence electrons. The number of likely N-dealkylation sites (N-methyl/N-ethyl adjacent to an activating group) is 1. The number of nitrogens with zero attached hydrogens (tertiary/aromatic N) is 1. The van der Waals surface area contributed by atoms with Gasteiger partial charge in [0.2, 0.25) is 0 Å². The van der Waals surface area contributed by atoms with E-state index in [0.717, 1.165) is 10.9 Å². The number of benzene rings is 1. The van der Waals surface area contributed by atoms with E-state index in [-0.39, 0.29) is 0 Å². The molecular formula is C10H14N2S2. The lowest BCUT2D eigenvalue weighted by Crippen LogP contribution is -2.28. The summed E-state index contributed by atoms with van der Waals surface area (Å²) in [4.78, 5) is 3.16. The summed E-state index contributed by atoms with van der Waals surface area (Å²) >= 11 is 6.85. The molecule has 0 aliphatic heterocycles. The molecule has 0 spiro atoms. The average Bonchev–Trinajstić information content (AvgIpc) is 2.19. The van der Waals surface area contributed by atoms with Gasteiger partial charge in [-0.1, -0.05) is 42.2 Å². The second-order valence-electron chi connectivity index (χ2n) is 2.89. The first kappa shape index (κ1) is 11.5. The van der Waals surface area contributed by atoms with E-state index < -0.39 is 0 Å². The van der Waals surface area contributed by atoms with E-state index in [1.54, 1.807) is 11.8 Å². The van der Waals surface area contributed by atoms with E-state index in [4.69, 9.17) is 18.0 Å². The van der Waals surface area contributed by atoms with Gasteiger partial charge in [-0.3, -0.25) is 0 Å². The molecule has 0 saturated heterocycles. The second kappa shape index (κ2) is 6.01. The first-order valence-corrected chi connectivity index (χ1v) is 5.64. The molecule has 1 aromatic carbocycles. The molecule has 0 amide bonds. The molecule has 0 saturated carbocycles. The lowest BCUT2D eigenvalue weighted by molar-refractivity contribution is 0.533. The molecule has 1 aromatic rings. The molecule has 1 rings (SSSR count). The quantitative estimate of drug-likeness (QED) is 0.630. The van der Waals surface area contributed by atoms with Crippen LogP contribution in [0.25, 0.3) is 0 Å². The van der Waals surface area contributed by atoms with Crippen LogP contribution in [0.1, 0.15) is 0 Å². The first-order chi connectivity index (χ1) is 6.74. The van der Waals surface area contributed by atoms with Gasteiger partial charge in [0.15, 0.2) is 0 Å². The Hall–Kier alpha value is -0.580. The molecule has 0 bridgehead atoms. The van der Waals surface area contributed by atoms with Crippen LogP contribution < -0.4 is 5.73 Å². The van der Waals surface area contributed by atoms with Crippen molar-refractivity contribution >= 4 is 28.3 Å². The summed E-state index contributed by atoms with van der Waals surface area (Å²) in [5, 5.41) is 0. The van der Waals surface area contributed by atoms with Crippen LogP contribution in [-0.4, -0.2) is 29.4 Å². The predicted octanol–water partition coefficient (Wildman–Crippen LogP) is 1.95. The van der Waals surface area contributed by atoms with E-state index >= 15 is 0 Å². The molecule has 0 unspecified atom stereocenters. The van der Waals surface area contributed by atoms with E-state index in [0.29, 0.717) is 6.54 Å². The maximum atomic E-state index is 5.45. The molecule has 2 N–H and O–H groups in total. The minimum Gasteiger partial charge on any atom is -0.359 e. The van der Waals surface area contributed by atoms with Crippen LogP contribution in [0.4, 0.5) is 0 Å². The van der Waals surface area contributed by atoms with Crippen molar-refractivity contribution in [1.29, 1.82) is 0 Å². The normalized spacial score (nSPS) is 9.86. The lowest BCUT2D eigenvalue weighted by atomic mass is 10.4. The Balaban J connectivity index is 2.49. The topological polar surface area (TPSA) is 29.3 Å². The SMILES string of the molecule is CN(CCN)C(=S)Sc1ccccc1. The standard InChI is InChI=1S/C10H14N2S2/c1-12(8-7-11)10(13)14-9-5-3-2-4-6-9/h2-6H,7-8,11H2,1H3. The van der Waals surface area contributed by atoms with Crippen molar-refractivity contribution in [3.05, 3.63) is 30.3 Å². The Morgan fingerprint density at radius 1 is 1.43 bits per heavy atom. The molecule has 0 aliphatic carbocycles. The zero-order valence-corrected chi connectivity index (χ0v) is 9.78. The highest BCUT2D eigenvalue weighted by atomic mass is 32.2. The molecule has 4 heteroatoms. The molecule has 0 heterocycles. The van der Waals surface area contributed by atoms with Crippen molar-refractivity contribution < 1.29 is 0 Å². The zero-order chi connectivity index (χ0) is 10.4. The minimum absolute atomic E-state index is 0.631. The summed E-state index contributed by atoms with van der Waals surface area (Å²) in [6, 6.07) is 10.1. The van der Waals surface area contributed by atoms with Gasteiger partial charge in [-0.15, -0.1) is 0 Å². The molecule has 0 aromatic heterocycles. The maximum absolute atomic E-state index is 5.45. The largest absolute Gasteiger partial charge is 0.359 e. The molecule has 14 heavy (non-hydrogen) atoms. The van der Waals surface area contributed by atoms with Gasteiger partial charge in [0.25, 0.3) is 0 Å². The minimum atomic E-state index is 0.631. The third kappa shape index (κ3) is 3.65. The Morgan fingerprint density at radius 3 is 2.64 bits per heavy atom. The van der Waals surface area contributed by atoms with Gasteiger partial charge in [0, 0.05) is 25.0 Å². The summed E-state index contributed by atoms with van der Waals surface area (Å²) in [6.07, 6.45) is 0. The number of hydrogen-bond donors (Lipinski definition) is 1. The third-order valence-electron chi connectivity index (χ3n) is 1.72. The second-order valence-corrected chi connectivity index (χ2v) is 4.60. The van der Waals surface area contributed by atoms with Crippen molar-refractivity contribution in [1.82, 2.24) is 4.90 Å². The van der Waals surface area contributed by atoms with Gasteiger partial charge in [0.05, 0.1) is 0 Å². The van der Waals surface area contributed by atoms with E-state index in [1.807, 2.05) is 42.3 Å². The van der Waals surface area contributed by atoms with Crippen LogP contribution in [0, 0.1) is 0 Å². The summed E-state index contributed by atoms with van der Waals surface area (Å²) < 4.78 is 0.863. The zero-order valence-electron chi connectivity index (χ0n) is 8.14. The first-order valence-electron chi connectivity index (χ1n) is 4.42. The van der Waals surface area contributed by atoms with E-state index in [2.05, 4.69) is 0 Å². The third-order valence-corrected chi connectivity index (χ3v) is 3.28. The fourth-order valence-corrected chi connectivity index (χ4v) is 2.07. The van der Waals surface area contributed by atoms with Gasteiger partial charge in [-0.05, 0) is 12.1 Å². The van der Waals surface area contributed by atoms with Crippen LogP contribution in [-0.2, 0) is 0 Å². The highest BCUT2D eigenvalue weighted by Gasteiger charge is 2.04. The summed E-state index contributed by atoms with van der Waals surface area (Å²) in [7, 11) is 1.96. The Kier molecular flexibility index (Phi) is 4.93. The molecule has 0 radical (unpaired) electrons. The van der Waals surface area contributed by atoms with Crippen LogP contribution in [0.3, 0.4) is 0 Å². The van der Waals surface area contributed by atoms with Gasteiger partial charge in [0.1, 0.15) is 4.32 Å². The van der Waals surface area contributed by atoms with Gasteiger partial charge >= 0.3 is 0 Å². The van der Waals surface area contributed by atoms with Crippen LogP contribution >= 0.6 is 24.0 Å².